The average molecular weight is 716 g/mol. The van der Waals surface area contributed by atoms with Crippen molar-refractivity contribution < 1.29 is 36.2 Å². The van der Waals surface area contributed by atoms with Gasteiger partial charge >= 0.3 is 0 Å². The van der Waals surface area contributed by atoms with E-state index in [0.29, 0.717) is 25.2 Å². The van der Waals surface area contributed by atoms with E-state index in [2.05, 4.69) is 4.72 Å². The first-order valence-electron chi connectivity index (χ1n) is 16.6. The third kappa shape index (κ3) is 9.82. The highest BCUT2D eigenvalue weighted by molar-refractivity contribution is 7.92. The Morgan fingerprint density at radius 3 is 2.16 bits per heavy atom. The van der Waals surface area contributed by atoms with Crippen LogP contribution < -0.4 is 9.46 Å². The summed E-state index contributed by atoms with van der Waals surface area (Å²) in [5.41, 5.74) is 2.18. The van der Waals surface area contributed by atoms with Gasteiger partial charge in [0.2, 0.25) is 10.0 Å². The molecule has 4 atom stereocenters. The second kappa shape index (κ2) is 16.5. The highest BCUT2D eigenvalue weighted by Crippen LogP contribution is 2.30. The van der Waals surface area contributed by atoms with Gasteiger partial charge < -0.3 is 19.5 Å². The number of nitrogens with zero attached hydrogens (tertiary/aromatic N) is 2. The first-order valence-corrected chi connectivity index (χ1v) is 19.5. The smallest absolute Gasteiger partial charge is 0.261 e. The molecule has 0 saturated carbocycles. The Bertz CT molecular complexity index is 1780. The number of anilines is 1. The molecule has 11 nitrogen and oxygen atoms in total. The van der Waals surface area contributed by atoms with Gasteiger partial charge in [-0.2, -0.15) is 4.31 Å². The number of nitrogens with one attached hydrogen (secondary N) is 1. The van der Waals surface area contributed by atoms with Gasteiger partial charge in [0.15, 0.2) is 0 Å². The maximum absolute atomic E-state index is 14.4. The minimum absolute atomic E-state index is 0.0496. The molecule has 2 N–H and O–H groups in total. The van der Waals surface area contributed by atoms with Crippen molar-refractivity contribution in [2.24, 2.45) is 5.92 Å². The SMILES string of the molecule is Cc1ccc(S(=O)(=O)Nc2ccc3c(c2)C(=O)N([C@H](C)CO)C[C@H](C)[C@H](CN(C)S(=O)(=O)c2ccc(C)cc2)OCCCC[C@H](C)O3)cc1. The van der Waals surface area contributed by atoms with Crippen LogP contribution in [0.5, 0.6) is 5.75 Å². The van der Waals surface area contributed by atoms with E-state index in [1.807, 2.05) is 27.7 Å². The Balaban J connectivity index is 1.67. The van der Waals surface area contributed by atoms with E-state index in [0.717, 1.165) is 17.5 Å². The van der Waals surface area contributed by atoms with Crippen molar-refractivity contribution in [3.8, 4) is 5.75 Å². The summed E-state index contributed by atoms with van der Waals surface area (Å²) in [6, 6.07) is 17.1. The molecule has 1 amide bonds. The highest BCUT2D eigenvalue weighted by atomic mass is 32.2. The monoisotopic (exact) mass is 715 g/mol. The summed E-state index contributed by atoms with van der Waals surface area (Å²) in [5, 5.41) is 10.2. The number of aliphatic hydroxyl groups excluding tert-OH is 1. The zero-order chi connectivity index (χ0) is 35.9. The minimum atomic E-state index is -3.96. The first-order chi connectivity index (χ1) is 23.1. The Labute approximate surface area is 291 Å². The van der Waals surface area contributed by atoms with Gasteiger partial charge in [0.25, 0.3) is 15.9 Å². The molecule has 49 heavy (non-hydrogen) atoms. The second-order valence-corrected chi connectivity index (χ2v) is 16.8. The summed E-state index contributed by atoms with van der Waals surface area (Å²) >= 11 is 0. The van der Waals surface area contributed by atoms with Crippen LogP contribution in [0.1, 0.15) is 61.5 Å². The summed E-state index contributed by atoms with van der Waals surface area (Å²) in [7, 11) is -6.25. The number of likely N-dealkylation sites (N-methyl/N-ethyl adjacent to an activating group) is 1. The predicted octanol–water partition coefficient (Wildman–Crippen LogP) is 5.22. The molecule has 3 aromatic carbocycles. The first kappa shape index (κ1) is 38.3. The number of amides is 1. The van der Waals surface area contributed by atoms with Gasteiger partial charge in [-0.15, -0.1) is 0 Å². The predicted molar refractivity (Wildman–Crippen MR) is 190 cm³/mol. The van der Waals surface area contributed by atoms with Gasteiger partial charge in [0, 0.05) is 38.3 Å². The van der Waals surface area contributed by atoms with Gasteiger partial charge in [-0.3, -0.25) is 9.52 Å². The maximum atomic E-state index is 14.4. The van der Waals surface area contributed by atoms with Crippen molar-refractivity contribution >= 4 is 31.6 Å². The number of benzene rings is 3. The van der Waals surface area contributed by atoms with Crippen LogP contribution in [0.4, 0.5) is 5.69 Å². The van der Waals surface area contributed by atoms with Crippen LogP contribution in [0.3, 0.4) is 0 Å². The Kier molecular flexibility index (Phi) is 12.9. The lowest BCUT2D eigenvalue weighted by Gasteiger charge is -2.35. The Hall–Kier alpha value is -3.49. The molecule has 3 aromatic rings. The average Bonchev–Trinajstić information content (AvgIpc) is 3.06. The van der Waals surface area contributed by atoms with Gasteiger partial charge in [-0.1, -0.05) is 42.3 Å². The van der Waals surface area contributed by atoms with E-state index >= 15 is 0 Å². The van der Waals surface area contributed by atoms with Crippen molar-refractivity contribution in [3.63, 3.8) is 0 Å². The van der Waals surface area contributed by atoms with E-state index in [-0.39, 0.29) is 52.8 Å². The van der Waals surface area contributed by atoms with Gasteiger partial charge in [-0.05, 0) is 89.4 Å². The number of ether oxygens (including phenoxy) is 2. The van der Waals surface area contributed by atoms with Crippen molar-refractivity contribution in [3.05, 3.63) is 83.4 Å². The topological polar surface area (TPSA) is 143 Å². The summed E-state index contributed by atoms with van der Waals surface area (Å²) < 4.78 is 69.8. The minimum Gasteiger partial charge on any atom is -0.490 e. The fourth-order valence-corrected chi connectivity index (χ4v) is 7.85. The molecular formula is C36H49N3O8S2. The molecule has 0 fully saturated rings. The fraction of sp³-hybridized carbons (Fsp3) is 0.472. The zero-order valence-corrected chi connectivity index (χ0v) is 30.8. The molecule has 0 saturated heterocycles. The molecular weight excluding hydrogens is 667 g/mol. The number of sulfonamides is 2. The molecule has 1 heterocycles. The fourth-order valence-electron chi connectivity index (χ4n) is 5.62. The summed E-state index contributed by atoms with van der Waals surface area (Å²) in [6.45, 7) is 9.49. The number of aryl methyl sites for hydroxylation is 2. The van der Waals surface area contributed by atoms with E-state index in [1.54, 1.807) is 55.5 Å². The molecule has 0 bridgehead atoms. The molecule has 4 rings (SSSR count). The van der Waals surface area contributed by atoms with E-state index in [1.165, 1.54) is 34.5 Å². The lowest BCUT2D eigenvalue weighted by atomic mass is 10.0. The van der Waals surface area contributed by atoms with Crippen LogP contribution in [-0.2, 0) is 24.8 Å². The van der Waals surface area contributed by atoms with E-state index < -0.39 is 38.1 Å². The molecule has 0 spiro atoms. The summed E-state index contributed by atoms with van der Waals surface area (Å²) in [4.78, 5) is 16.2. The number of fused-ring (bicyclic) bond motifs is 1. The molecule has 0 aromatic heterocycles. The third-order valence-electron chi connectivity index (χ3n) is 8.80. The number of carbonyl (C=O) groups is 1. The standard InChI is InChI=1S/C36H49N3O8S2/c1-25-10-15-31(16-11-25)48(42,43)37-30-14-19-34-33(21-30)36(41)39(28(4)24-40)22-27(3)35(46-20-8-7-9-29(5)47-34)23-38(6)49(44,45)32-17-12-26(2)13-18-32/h10-19,21,27-29,35,37,40H,7-9,20,22-24H2,1-6H3/t27-,28+,29-,35-/m0/s1. The molecule has 0 unspecified atom stereocenters. The summed E-state index contributed by atoms with van der Waals surface area (Å²) in [5.74, 6) is -0.529. The maximum Gasteiger partial charge on any atom is 0.261 e. The largest absolute Gasteiger partial charge is 0.490 e. The number of hydrogen-bond donors (Lipinski definition) is 2. The van der Waals surface area contributed by atoms with Crippen LogP contribution in [0, 0.1) is 19.8 Å². The molecule has 1 aliphatic heterocycles. The van der Waals surface area contributed by atoms with Crippen LogP contribution in [-0.4, -0.2) is 88.7 Å². The molecule has 1 aliphatic rings. The quantitative estimate of drug-likeness (QED) is 0.307. The van der Waals surface area contributed by atoms with Crippen LogP contribution in [0.25, 0.3) is 0 Å². The van der Waals surface area contributed by atoms with E-state index in [4.69, 9.17) is 9.47 Å². The summed E-state index contributed by atoms with van der Waals surface area (Å²) in [6.07, 6.45) is 1.31. The normalized spacial score (nSPS) is 20.6. The van der Waals surface area contributed by atoms with E-state index in [9.17, 15) is 26.7 Å². The van der Waals surface area contributed by atoms with Crippen molar-refractivity contribution in [1.82, 2.24) is 9.21 Å². The Morgan fingerprint density at radius 2 is 1.55 bits per heavy atom. The number of rotatable bonds is 9. The number of carbonyl (C=O) groups excluding carboxylic acids is 1. The second-order valence-electron chi connectivity index (χ2n) is 13.0. The zero-order valence-electron chi connectivity index (χ0n) is 29.1. The van der Waals surface area contributed by atoms with Gasteiger partial charge in [0.05, 0.1) is 40.2 Å². The molecule has 0 aliphatic carbocycles. The molecule has 0 radical (unpaired) electrons. The van der Waals surface area contributed by atoms with Crippen LogP contribution >= 0.6 is 0 Å². The molecule has 13 heteroatoms. The van der Waals surface area contributed by atoms with Crippen molar-refractivity contribution in [1.29, 1.82) is 0 Å². The number of hydrogen-bond acceptors (Lipinski definition) is 8. The van der Waals surface area contributed by atoms with Crippen molar-refractivity contribution in [2.45, 2.75) is 81.9 Å². The Morgan fingerprint density at radius 1 is 0.939 bits per heavy atom. The van der Waals surface area contributed by atoms with Crippen LogP contribution in [0.15, 0.2) is 76.5 Å². The number of aliphatic hydroxyl groups is 1. The van der Waals surface area contributed by atoms with Gasteiger partial charge in [0.1, 0.15) is 5.75 Å². The van der Waals surface area contributed by atoms with Crippen molar-refractivity contribution in [2.75, 3.05) is 38.1 Å². The highest BCUT2D eigenvalue weighted by Gasteiger charge is 2.32. The third-order valence-corrected chi connectivity index (χ3v) is 12.0. The lowest BCUT2D eigenvalue weighted by molar-refractivity contribution is -0.00833. The molecule has 268 valence electrons. The van der Waals surface area contributed by atoms with Gasteiger partial charge in [-0.25, -0.2) is 16.8 Å². The van der Waals surface area contributed by atoms with Crippen LogP contribution in [0.2, 0.25) is 0 Å². The lowest BCUT2D eigenvalue weighted by Crippen LogP contribution is -2.48.